The van der Waals surface area contributed by atoms with Crippen LogP contribution in [0, 0.1) is 11.6 Å². The molecule has 5 heteroatoms. The second-order valence-electron chi connectivity index (χ2n) is 5.35. The number of halogens is 2. The van der Waals surface area contributed by atoms with Gasteiger partial charge in [0.25, 0.3) is 0 Å². The van der Waals surface area contributed by atoms with E-state index in [1.54, 1.807) is 13.2 Å². The van der Waals surface area contributed by atoms with E-state index >= 15 is 0 Å². The van der Waals surface area contributed by atoms with Gasteiger partial charge in [-0.3, -0.25) is 4.90 Å². The molecule has 124 valence electrons. The van der Waals surface area contributed by atoms with E-state index in [0.717, 1.165) is 23.1 Å². The van der Waals surface area contributed by atoms with Gasteiger partial charge in [-0.2, -0.15) is 0 Å². The molecular formula is C18H21F2NO2. The number of benzene rings is 2. The highest BCUT2D eigenvalue weighted by atomic mass is 19.2. The van der Waals surface area contributed by atoms with Crippen LogP contribution in [0.15, 0.2) is 42.5 Å². The Morgan fingerprint density at radius 2 is 1.65 bits per heavy atom. The first-order chi connectivity index (χ1) is 11.0. The highest BCUT2D eigenvalue weighted by Crippen LogP contribution is 2.21. The summed E-state index contributed by atoms with van der Waals surface area (Å²) in [7, 11) is 3.54. The van der Waals surface area contributed by atoms with Crippen LogP contribution >= 0.6 is 0 Å². The minimum Gasteiger partial charge on any atom is -0.497 e. The SMILES string of the molecule is COc1ccc(OCCN(C)C(C)c2ccc(F)c(F)c2)cc1. The van der Waals surface area contributed by atoms with E-state index in [1.165, 1.54) is 6.07 Å². The zero-order valence-electron chi connectivity index (χ0n) is 13.6. The number of hydrogen-bond acceptors (Lipinski definition) is 3. The Balaban J connectivity index is 1.85. The fourth-order valence-electron chi connectivity index (χ4n) is 2.20. The van der Waals surface area contributed by atoms with Crippen molar-refractivity contribution in [3.63, 3.8) is 0 Å². The molecule has 0 saturated heterocycles. The molecule has 2 aromatic rings. The van der Waals surface area contributed by atoms with Crippen molar-refractivity contribution in [3.05, 3.63) is 59.7 Å². The molecule has 3 nitrogen and oxygen atoms in total. The standard InChI is InChI=1S/C18H21F2NO2/c1-13(14-4-9-17(19)18(20)12-14)21(2)10-11-23-16-7-5-15(22-3)6-8-16/h4-9,12-13H,10-11H2,1-3H3. The van der Waals surface area contributed by atoms with Crippen LogP contribution < -0.4 is 9.47 Å². The molecule has 0 bridgehead atoms. The fourth-order valence-corrected chi connectivity index (χ4v) is 2.20. The van der Waals surface area contributed by atoms with Crippen molar-refractivity contribution in [3.8, 4) is 11.5 Å². The Bertz CT molecular complexity index is 631. The van der Waals surface area contributed by atoms with Gasteiger partial charge in [0.15, 0.2) is 11.6 Å². The Labute approximate surface area is 135 Å². The first-order valence-electron chi connectivity index (χ1n) is 7.43. The average Bonchev–Trinajstić information content (AvgIpc) is 2.57. The summed E-state index contributed by atoms with van der Waals surface area (Å²) in [6.45, 7) is 3.10. The Hall–Kier alpha value is -2.14. The van der Waals surface area contributed by atoms with Gasteiger partial charge in [-0.15, -0.1) is 0 Å². The molecule has 0 saturated carbocycles. The van der Waals surface area contributed by atoms with E-state index in [4.69, 9.17) is 9.47 Å². The molecule has 0 spiro atoms. The lowest BCUT2D eigenvalue weighted by molar-refractivity contribution is 0.200. The summed E-state index contributed by atoms with van der Waals surface area (Å²) in [5, 5.41) is 0. The van der Waals surface area contributed by atoms with Gasteiger partial charge >= 0.3 is 0 Å². The van der Waals surface area contributed by atoms with Crippen LogP contribution in [-0.2, 0) is 0 Å². The number of ether oxygens (including phenoxy) is 2. The predicted octanol–water partition coefficient (Wildman–Crippen LogP) is 4.05. The minimum atomic E-state index is -0.827. The Kier molecular flexibility index (Phi) is 5.93. The maximum atomic E-state index is 13.3. The third-order valence-electron chi connectivity index (χ3n) is 3.86. The zero-order chi connectivity index (χ0) is 16.8. The van der Waals surface area contributed by atoms with Crippen molar-refractivity contribution in [1.82, 2.24) is 4.90 Å². The van der Waals surface area contributed by atoms with E-state index in [2.05, 4.69) is 0 Å². The number of nitrogens with zero attached hydrogens (tertiary/aromatic N) is 1. The molecule has 2 aromatic carbocycles. The summed E-state index contributed by atoms with van der Waals surface area (Å²) in [6, 6.07) is 11.3. The monoisotopic (exact) mass is 321 g/mol. The van der Waals surface area contributed by atoms with Gasteiger partial charge in [0.1, 0.15) is 18.1 Å². The summed E-state index contributed by atoms with van der Waals surface area (Å²) in [6.07, 6.45) is 0. The van der Waals surface area contributed by atoms with E-state index in [1.807, 2.05) is 43.1 Å². The summed E-state index contributed by atoms with van der Waals surface area (Å²) in [5.74, 6) is -0.107. The molecule has 0 N–H and O–H groups in total. The van der Waals surface area contributed by atoms with Crippen LogP contribution in [0.3, 0.4) is 0 Å². The average molecular weight is 321 g/mol. The van der Waals surface area contributed by atoms with Gasteiger partial charge in [-0.1, -0.05) is 6.07 Å². The van der Waals surface area contributed by atoms with Crippen LogP contribution in [-0.4, -0.2) is 32.2 Å². The molecule has 23 heavy (non-hydrogen) atoms. The molecular weight excluding hydrogens is 300 g/mol. The third kappa shape index (κ3) is 4.66. The van der Waals surface area contributed by atoms with Crippen LogP contribution in [0.4, 0.5) is 8.78 Å². The van der Waals surface area contributed by atoms with Gasteiger partial charge < -0.3 is 9.47 Å². The fraction of sp³-hybridized carbons (Fsp3) is 0.333. The Morgan fingerprint density at radius 3 is 2.26 bits per heavy atom. The minimum absolute atomic E-state index is 0.0374. The van der Waals surface area contributed by atoms with E-state index in [9.17, 15) is 8.78 Å². The molecule has 2 rings (SSSR count). The molecule has 0 amide bonds. The van der Waals surface area contributed by atoms with Gasteiger partial charge in [0.2, 0.25) is 0 Å². The maximum Gasteiger partial charge on any atom is 0.159 e. The smallest absolute Gasteiger partial charge is 0.159 e. The molecule has 0 heterocycles. The topological polar surface area (TPSA) is 21.7 Å². The highest BCUT2D eigenvalue weighted by Gasteiger charge is 2.13. The van der Waals surface area contributed by atoms with Crippen molar-refractivity contribution in [2.75, 3.05) is 27.3 Å². The molecule has 0 radical (unpaired) electrons. The lowest BCUT2D eigenvalue weighted by Gasteiger charge is -2.25. The van der Waals surface area contributed by atoms with Gasteiger partial charge in [0.05, 0.1) is 7.11 Å². The molecule has 1 atom stereocenters. The lowest BCUT2D eigenvalue weighted by atomic mass is 10.1. The molecule has 0 aliphatic carbocycles. The predicted molar refractivity (Wildman–Crippen MR) is 85.9 cm³/mol. The number of methoxy groups -OCH3 is 1. The normalized spacial score (nSPS) is 12.3. The second kappa shape index (κ2) is 7.92. The molecule has 1 unspecified atom stereocenters. The molecule has 0 aromatic heterocycles. The number of hydrogen-bond donors (Lipinski definition) is 0. The van der Waals surface area contributed by atoms with Crippen molar-refractivity contribution >= 4 is 0 Å². The van der Waals surface area contributed by atoms with Crippen LogP contribution in [0.25, 0.3) is 0 Å². The van der Waals surface area contributed by atoms with Crippen molar-refractivity contribution in [2.24, 2.45) is 0 Å². The third-order valence-corrected chi connectivity index (χ3v) is 3.86. The first-order valence-corrected chi connectivity index (χ1v) is 7.43. The lowest BCUT2D eigenvalue weighted by Crippen LogP contribution is -2.27. The molecule has 0 fully saturated rings. The van der Waals surface area contributed by atoms with E-state index in [-0.39, 0.29) is 6.04 Å². The molecule has 0 aliphatic rings. The van der Waals surface area contributed by atoms with Crippen molar-refractivity contribution in [2.45, 2.75) is 13.0 Å². The number of rotatable bonds is 7. The van der Waals surface area contributed by atoms with Gasteiger partial charge in [-0.25, -0.2) is 8.78 Å². The number of likely N-dealkylation sites (N-methyl/N-ethyl adjacent to an activating group) is 1. The molecule has 0 aliphatic heterocycles. The Morgan fingerprint density at radius 1 is 1.00 bits per heavy atom. The van der Waals surface area contributed by atoms with Crippen LogP contribution in [0.1, 0.15) is 18.5 Å². The van der Waals surface area contributed by atoms with Gasteiger partial charge in [-0.05, 0) is 55.9 Å². The van der Waals surface area contributed by atoms with E-state index < -0.39 is 11.6 Å². The summed E-state index contributed by atoms with van der Waals surface area (Å²) in [5.41, 5.74) is 0.732. The second-order valence-corrected chi connectivity index (χ2v) is 5.35. The van der Waals surface area contributed by atoms with Crippen molar-refractivity contribution < 1.29 is 18.3 Å². The first kappa shape index (κ1) is 17.2. The largest absolute Gasteiger partial charge is 0.497 e. The van der Waals surface area contributed by atoms with Crippen LogP contribution in [0.2, 0.25) is 0 Å². The highest BCUT2D eigenvalue weighted by molar-refractivity contribution is 5.31. The van der Waals surface area contributed by atoms with Crippen LogP contribution in [0.5, 0.6) is 11.5 Å². The van der Waals surface area contributed by atoms with Crippen molar-refractivity contribution in [1.29, 1.82) is 0 Å². The zero-order valence-corrected chi connectivity index (χ0v) is 13.6. The maximum absolute atomic E-state index is 13.3. The summed E-state index contributed by atoms with van der Waals surface area (Å²) >= 11 is 0. The summed E-state index contributed by atoms with van der Waals surface area (Å²) < 4.78 is 37.1. The van der Waals surface area contributed by atoms with E-state index in [0.29, 0.717) is 13.2 Å². The van der Waals surface area contributed by atoms with Gasteiger partial charge in [0, 0.05) is 12.6 Å². The summed E-state index contributed by atoms with van der Waals surface area (Å²) in [4.78, 5) is 2.02. The quantitative estimate of drug-likeness (QED) is 0.768.